The Balaban J connectivity index is 1.68. The number of carbonyl (C=O) groups is 2. The third kappa shape index (κ3) is 3.73. The first-order chi connectivity index (χ1) is 12.0. The number of anilines is 2. The van der Waals surface area contributed by atoms with Crippen LogP contribution in [0, 0.1) is 19.8 Å². The molecule has 1 N–H and O–H groups in total. The monoisotopic (exact) mass is 336 g/mol. The van der Waals surface area contributed by atoms with E-state index in [0.29, 0.717) is 6.54 Å². The zero-order valence-electron chi connectivity index (χ0n) is 15.0. The number of hydrogen-bond donors (Lipinski definition) is 1. The van der Waals surface area contributed by atoms with Gasteiger partial charge in [-0.25, -0.2) is 0 Å². The van der Waals surface area contributed by atoms with Crippen LogP contribution in [0.25, 0.3) is 0 Å². The molecule has 1 fully saturated rings. The molecule has 2 aromatic carbocycles. The highest BCUT2D eigenvalue weighted by atomic mass is 16.2. The van der Waals surface area contributed by atoms with E-state index in [9.17, 15) is 9.59 Å². The molecule has 0 radical (unpaired) electrons. The van der Waals surface area contributed by atoms with Crippen LogP contribution in [0.1, 0.15) is 30.0 Å². The molecule has 0 bridgehead atoms. The fraction of sp³-hybridized carbons (Fsp3) is 0.333. The number of benzene rings is 2. The van der Waals surface area contributed by atoms with E-state index in [0.717, 1.165) is 23.4 Å². The minimum absolute atomic E-state index is 0.00438. The first-order valence-electron chi connectivity index (χ1n) is 8.75. The van der Waals surface area contributed by atoms with Gasteiger partial charge in [-0.05, 0) is 61.2 Å². The molecule has 0 aromatic heterocycles. The summed E-state index contributed by atoms with van der Waals surface area (Å²) in [5.74, 6) is -0.409. The Morgan fingerprint density at radius 2 is 1.84 bits per heavy atom. The lowest BCUT2D eigenvalue weighted by molar-refractivity contribution is -0.122. The molecule has 130 valence electrons. The molecule has 1 heterocycles. The van der Waals surface area contributed by atoms with Gasteiger partial charge >= 0.3 is 0 Å². The number of amides is 2. The molecule has 2 amide bonds. The first kappa shape index (κ1) is 17.2. The zero-order chi connectivity index (χ0) is 18.0. The Bertz CT molecular complexity index is 796. The van der Waals surface area contributed by atoms with Gasteiger partial charge in [-0.15, -0.1) is 0 Å². The van der Waals surface area contributed by atoms with Crippen molar-refractivity contribution in [1.29, 1.82) is 0 Å². The van der Waals surface area contributed by atoms with Gasteiger partial charge in [0, 0.05) is 24.3 Å². The van der Waals surface area contributed by atoms with Crippen molar-refractivity contribution in [2.75, 3.05) is 16.8 Å². The molecule has 1 atom stereocenters. The number of nitrogens with zero attached hydrogens (tertiary/aromatic N) is 1. The molecule has 1 saturated heterocycles. The molecule has 4 heteroatoms. The summed E-state index contributed by atoms with van der Waals surface area (Å²) < 4.78 is 0. The van der Waals surface area contributed by atoms with Gasteiger partial charge in [-0.3, -0.25) is 9.59 Å². The highest BCUT2D eigenvalue weighted by molar-refractivity contribution is 6.03. The Morgan fingerprint density at radius 3 is 2.48 bits per heavy atom. The third-order valence-electron chi connectivity index (χ3n) is 4.93. The minimum Gasteiger partial charge on any atom is -0.326 e. The van der Waals surface area contributed by atoms with E-state index in [-0.39, 0.29) is 24.2 Å². The minimum atomic E-state index is -0.319. The zero-order valence-corrected chi connectivity index (χ0v) is 15.0. The number of hydrogen-bond acceptors (Lipinski definition) is 2. The summed E-state index contributed by atoms with van der Waals surface area (Å²) in [4.78, 5) is 26.6. The lowest BCUT2D eigenvalue weighted by Gasteiger charge is -2.18. The summed E-state index contributed by atoms with van der Waals surface area (Å²) in [6.07, 6.45) is 1.22. The summed E-state index contributed by atoms with van der Waals surface area (Å²) >= 11 is 0. The van der Waals surface area contributed by atoms with Gasteiger partial charge < -0.3 is 10.2 Å². The molecule has 0 unspecified atom stereocenters. The van der Waals surface area contributed by atoms with Gasteiger partial charge in [-0.1, -0.05) is 25.1 Å². The predicted octanol–water partition coefficient (Wildman–Crippen LogP) is 3.86. The number of carbonyl (C=O) groups excluding carboxylic acids is 2. The second-order valence-corrected chi connectivity index (χ2v) is 6.71. The Kier molecular flexibility index (Phi) is 4.88. The second kappa shape index (κ2) is 7.09. The lowest BCUT2D eigenvalue weighted by Crippen LogP contribution is -2.28. The molecule has 25 heavy (non-hydrogen) atoms. The second-order valence-electron chi connectivity index (χ2n) is 6.71. The SMILES string of the molecule is CCc1ccc(NC(=O)[C@@H]2CC(=O)N(c3ccc(C)c(C)c3)C2)cc1. The highest BCUT2D eigenvalue weighted by Gasteiger charge is 2.35. The van der Waals surface area contributed by atoms with E-state index in [2.05, 4.69) is 12.2 Å². The Hall–Kier alpha value is -2.62. The fourth-order valence-electron chi connectivity index (χ4n) is 3.09. The normalized spacial score (nSPS) is 17.0. The van der Waals surface area contributed by atoms with Crippen molar-refractivity contribution in [3.05, 3.63) is 59.2 Å². The third-order valence-corrected chi connectivity index (χ3v) is 4.93. The molecule has 1 aliphatic heterocycles. The summed E-state index contributed by atoms with van der Waals surface area (Å²) in [6, 6.07) is 13.8. The molecular weight excluding hydrogens is 312 g/mol. The maximum atomic E-state index is 12.5. The van der Waals surface area contributed by atoms with Crippen LogP contribution in [0.5, 0.6) is 0 Å². The maximum absolute atomic E-state index is 12.5. The molecule has 0 spiro atoms. The van der Waals surface area contributed by atoms with Crippen molar-refractivity contribution in [2.24, 2.45) is 5.92 Å². The van der Waals surface area contributed by atoms with Gasteiger partial charge in [0.2, 0.25) is 11.8 Å². The summed E-state index contributed by atoms with van der Waals surface area (Å²) in [6.45, 7) is 6.60. The lowest BCUT2D eigenvalue weighted by atomic mass is 10.1. The van der Waals surface area contributed by atoms with Crippen molar-refractivity contribution >= 4 is 23.2 Å². The van der Waals surface area contributed by atoms with Gasteiger partial charge in [0.15, 0.2) is 0 Å². The van der Waals surface area contributed by atoms with Crippen molar-refractivity contribution in [3.8, 4) is 0 Å². The first-order valence-corrected chi connectivity index (χ1v) is 8.75. The molecule has 2 aromatic rings. The summed E-state index contributed by atoms with van der Waals surface area (Å²) in [5, 5.41) is 2.93. The topological polar surface area (TPSA) is 49.4 Å². The van der Waals surface area contributed by atoms with E-state index >= 15 is 0 Å². The van der Waals surface area contributed by atoms with Crippen LogP contribution >= 0.6 is 0 Å². The van der Waals surface area contributed by atoms with E-state index < -0.39 is 0 Å². The molecule has 1 aliphatic rings. The standard InChI is InChI=1S/C21H24N2O2/c1-4-16-6-8-18(9-7-16)22-21(25)17-12-20(24)23(13-17)19-10-5-14(2)15(3)11-19/h5-11,17H,4,12-13H2,1-3H3,(H,22,25)/t17-/m1/s1. The van der Waals surface area contributed by atoms with Crippen LogP contribution in [0.2, 0.25) is 0 Å². The van der Waals surface area contributed by atoms with Gasteiger partial charge in [0.05, 0.1) is 5.92 Å². The van der Waals surface area contributed by atoms with Crippen LogP contribution in [0.15, 0.2) is 42.5 Å². The van der Waals surface area contributed by atoms with Gasteiger partial charge in [0.25, 0.3) is 0 Å². The Labute approximate surface area is 148 Å². The number of rotatable bonds is 4. The predicted molar refractivity (Wildman–Crippen MR) is 101 cm³/mol. The van der Waals surface area contributed by atoms with Crippen LogP contribution in [0.4, 0.5) is 11.4 Å². The molecule has 0 aliphatic carbocycles. The van der Waals surface area contributed by atoms with E-state index in [1.54, 1.807) is 4.90 Å². The van der Waals surface area contributed by atoms with Crippen LogP contribution in [-0.4, -0.2) is 18.4 Å². The average Bonchev–Trinajstić information content (AvgIpc) is 3.00. The average molecular weight is 336 g/mol. The summed E-state index contributed by atoms with van der Waals surface area (Å²) in [7, 11) is 0. The molecule has 0 saturated carbocycles. The van der Waals surface area contributed by atoms with Crippen molar-refractivity contribution in [1.82, 2.24) is 0 Å². The smallest absolute Gasteiger partial charge is 0.229 e. The largest absolute Gasteiger partial charge is 0.326 e. The van der Waals surface area contributed by atoms with Gasteiger partial charge in [-0.2, -0.15) is 0 Å². The van der Waals surface area contributed by atoms with Crippen LogP contribution in [0.3, 0.4) is 0 Å². The maximum Gasteiger partial charge on any atom is 0.229 e. The van der Waals surface area contributed by atoms with Crippen LogP contribution in [-0.2, 0) is 16.0 Å². The molecule has 3 rings (SSSR count). The molecule has 4 nitrogen and oxygen atoms in total. The quantitative estimate of drug-likeness (QED) is 0.922. The fourth-order valence-corrected chi connectivity index (χ4v) is 3.09. The van der Waals surface area contributed by atoms with Crippen LogP contribution < -0.4 is 10.2 Å². The van der Waals surface area contributed by atoms with E-state index in [1.807, 2.05) is 56.3 Å². The van der Waals surface area contributed by atoms with E-state index in [4.69, 9.17) is 0 Å². The number of aryl methyl sites for hydroxylation is 3. The van der Waals surface area contributed by atoms with Crippen molar-refractivity contribution < 1.29 is 9.59 Å². The van der Waals surface area contributed by atoms with Gasteiger partial charge in [0.1, 0.15) is 0 Å². The van der Waals surface area contributed by atoms with Crippen molar-refractivity contribution in [3.63, 3.8) is 0 Å². The van der Waals surface area contributed by atoms with Crippen molar-refractivity contribution in [2.45, 2.75) is 33.6 Å². The Morgan fingerprint density at radius 1 is 1.12 bits per heavy atom. The highest BCUT2D eigenvalue weighted by Crippen LogP contribution is 2.27. The number of nitrogens with one attached hydrogen (secondary N) is 1. The van der Waals surface area contributed by atoms with E-state index in [1.165, 1.54) is 11.1 Å². The molecular formula is C21H24N2O2. The summed E-state index contributed by atoms with van der Waals surface area (Å²) in [5.41, 5.74) is 5.22.